The molecule has 4 N–H and O–H groups in total. The summed E-state index contributed by atoms with van der Waals surface area (Å²) in [7, 11) is 0. The number of amides is 2. The predicted molar refractivity (Wildman–Crippen MR) is 85.7 cm³/mol. The molecule has 3 atom stereocenters. The van der Waals surface area contributed by atoms with Crippen molar-refractivity contribution in [1.82, 2.24) is 10.2 Å². The van der Waals surface area contributed by atoms with Crippen LogP contribution in [0, 0.1) is 0 Å². The number of carbonyl (C=O) groups is 3. The highest BCUT2D eigenvalue weighted by Gasteiger charge is 2.70. The van der Waals surface area contributed by atoms with Crippen LogP contribution in [0.3, 0.4) is 0 Å². The van der Waals surface area contributed by atoms with Crippen molar-refractivity contribution in [2.24, 2.45) is 5.73 Å². The molecule has 2 amide bonds. The van der Waals surface area contributed by atoms with Gasteiger partial charge in [0.1, 0.15) is 5.76 Å². The number of aliphatic carboxylic acids is 1. The number of nitrogens with zero attached hydrogens (tertiary/aromatic N) is 1. The van der Waals surface area contributed by atoms with E-state index in [0.717, 1.165) is 0 Å². The smallest absolute Gasteiger partial charge is 0.352 e. The minimum absolute atomic E-state index is 0.143. The van der Waals surface area contributed by atoms with Gasteiger partial charge >= 0.3 is 5.97 Å². The van der Waals surface area contributed by atoms with Crippen LogP contribution in [0.4, 0.5) is 0 Å². The Morgan fingerprint density at radius 2 is 2.29 bits per heavy atom. The molecular weight excluding hydrogens is 334 g/mol. The molecule has 130 valence electrons. The molecule has 0 radical (unpaired) electrons. The van der Waals surface area contributed by atoms with Crippen LogP contribution in [0.5, 0.6) is 0 Å². The Morgan fingerprint density at radius 3 is 2.83 bits per heavy atom. The molecule has 3 heterocycles. The minimum Gasteiger partial charge on any atom is -0.478 e. The summed E-state index contributed by atoms with van der Waals surface area (Å²) < 4.78 is 4.28. The summed E-state index contributed by atoms with van der Waals surface area (Å²) in [5.74, 6) is -1.64. The first-order valence-electron chi connectivity index (χ1n) is 7.52. The topological polar surface area (TPSA) is 126 Å². The molecule has 0 saturated carbocycles. The first-order valence-corrected chi connectivity index (χ1v) is 8.40. The Morgan fingerprint density at radius 1 is 1.58 bits per heavy atom. The molecule has 2 aliphatic rings. The monoisotopic (exact) mass is 353 g/mol. The van der Waals surface area contributed by atoms with Gasteiger partial charge in [-0.15, -0.1) is 11.8 Å². The first kappa shape index (κ1) is 16.8. The summed E-state index contributed by atoms with van der Waals surface area (Å²) in [5.41, 5.74) is 4.14. The molecule has 0 aliphatic carbocycles. The van der Waals surface area contributed by atoms with Crippen molar-refractivity contribution in [2.75, 3.05) is 0 Å². The molecule has 0 aromatic carbocycles. The number of hydrogen-bond acceptors (Lipinski definition) is 6. The summed E-state index contributed by atoms with van der Waals surface area (Å²) in [4.78, 5) is 37.7. The van der Waals surface area contributed by atoms with Crippen LogP contribution < -0.4 is 11.1 Å². The van der Waals surface area contributed by atoms with Gasteiger partial charge in [0.25, 0.3) is 0 Å². The van der Waals surface area contributed by atoms with Gasteiger partial charge in [-0.2, -0.15) is 0 Å². The van der Waals surface area contributed by atoms with E-state index in [1.165, 1.54) is 22.9 Å². The number of β-lactam (4-membered cyclic amide) rings is 1. The second-order valence-corrected chi connectivity index (χ2v) is 8.24. The number of thioether (sulfide) groups is 1. The van der Waals surface area contributed by atoms with Crippen molar-refractivity contribution in [1.29, 1.82) is 0 Å². The summed E-state index contributed by atoms with van der Waals surface area (Å²) in [6.45, 7) is 3.42. The molecule has 1 aromatic rings. The van der Waals surface area contributed by atoms with Gasteiger partial charge in [-0.05, 0) is 26.0 Å². The molecule has 0 bridgehead atoms. The van der Waals surface area contributed by atoms with Crippen LogP contribution >= 0.6 is 11.8 Å². The van der Waals surface area contributed by atoms with Gasteiger partial charge in [0.15, 0.2) is 0 Å². The van der Waals surface area contributed by atoms with Gasteiger partial charge in [-0.3, -0.25) is 14.5 Å². The van der Waals surface area contributed by atoms with Crippen LogP contribution in [0.15, 0.2) is 22.8 Å². The van der Waals surface area contributed by atoms with E-state index in [2.05, 4.69) is 5.32 Å². The molecule has 24 heavy (non-hydrogen) atoms. The number of furan rings is 1. The highest BCUT2D eigenvalue weighted by Crippen LogP contribution is 2.55. The number of rotatable bonds is 5. The third kappa shape index (κ3) is 2.30. The third-order valence-electron chi connectivity index (χ3n) is 4.51. The van der Waals surface area contributed by atoms with Crippen molar-refractivity contribution in [3.63, 3.8) is 0 Å². The quantitative estimate of drug-likeness (QED) is 0.664. The highest BCUT2D eigenvalue weighted by atomic mass is 32.2. The summed E-state index contributed by atoms with van der Waals surface area (Å²) >= 11 is 1.38. The van der Waals surface area contributed by atoms with Crippen molar-refractivity contribution in [2.45, 2.75) is 48.5 Å². The fourth-order valence-electron chi connectivity index (χ4n) is 3.28. The Hall–Kier alpha value is -2.00. The van der Waals surface area contributed by atoms with Crippen LogP contribution in [0.25, 0.3) is 0 Å². The fraction of sp³-hybridized carbons (Fsp3) is 0.533. The van der Waals surface area contributed by atoms with E-state index in [4.69, 9.17) is 10.2 Å². The molecule has 2 saturated heterocycles. The fourth-order valence-corrected chi connectivity index (χ4v) is 4.97. The normalized spacial score (nSPS) is 28.9. The van der Waals surface area contributed by atoms with Crippen molar-refractivity contribution in [3.05, 3.63) is 24.2 Å². The molecule has 2 fully saturated rings. The van der Waals surface area contributed by atoms with Gasteiger partial charge in [0.2, 0.25) is 17.5 Å². The molecule has 0 spiro atoms. The van der Waals surface area contributed by atoms with E-state index >= 15 is 0 Å². The lowest BCUT2D eigenvalue weighted by molar-refractivity contribution is -0.173. The molecule has 2 aliphatic heterocycles. The lowest BCUT2D eigenvalue weighted by atomic mass is 9.89. The van der Waals surface area contributed by atoms with E-state index in [-0.39, 0.29) is 24.1 Å². The number of carboxylic acids is 1. The van der Waals surface area contributed by atoms with Gasteiger partial charge < -0.3 is 20.6 Å². The number of nitrogens with two attached hydrogens (primary N) is 1. The van der Waals surface area contributed by atoms with Crippen LogP contribution in [0.1, 0.15) is 38.5 Å². The number of fused-ring (bicyclic) bond motifs is 1. The van der Waals surface area contributed by atoms with Gasteiger partial charge in [0, 0.05) is 6.42 Å². The lowest BCUT2D eigenvalue weighted by Gasteiger charge is -2.46. The van der Waals surface area contributed by atoms with E-state index in [1.54, 1.807) is 26.0 Å². The highest BCUT2D eigenvalue weighted by molar-refractivity contribution is 8.01. The zero-order valence-electron chi connectivity index (χ0n) is 13.3. The Bertz CT molecular complexity index is 689. The predicted octanol–water partition coefficient (Wildman–Crippen LogP) is 0.650. The van der Waals surface area contributed by atoms with E-state index in [0.29, 0.717) is 5.76 Å². The molecular formula is C15H19N3O5S. The molecule has 1 aromatic heterocycles. The largest absolute Gasteiger partial charge is 0.478 e. The number of nitrogens with one attached hydrogen (secondary N) is 1. The standard InChI is InChI=1S/C15H19N3O5S/c1-14(2)15(13(21)22,18-11(20)7-12(18)24-14)17-10(19)6-8(16)9-4-3-5-23-9/h3-5,8,12H,6-7,16H2,1-2H3,(H,17,19)(H,21,22)/t8?,12-,15+/m1/s1. The summed E-state index contributed by atoms with van der Waals surface area (Å²) in [6.07, 6.45) is 1.59. The third-order valence-corrected chi connectivity index (χ3v) is 6.05. The molecule has 8 nitrogen and oxygen atoms in total. The second kappa shape index (κ2) is 5.52. The average Bonchev–Trinajstić information content (AvgIpc) is 3.03. The summed E-state index contributed by atoms with van der Waals surface area (Å²) in [6, 6.07) is 2.62. The zero-order valence-corrected chi connectivity index (χ0v) is 14.1. The van der Waals surface area contributed by atoms with E-state index < -0.39 is 28.3 Å². The molecule has 1 unspecified atom stereocenters. The van der Waals surface area contributed by atoms with Gasteiger partial charge in [-0.25, -0.2) is 4.79 Å². The van der Waals surface area contributed by atoms with Crippen molar-refractivity contribution >= 4 is 29.5 Å². The van der Waals surface area contributed by atoms with Crippen molar-refractivity contribution < 1.29 is 23.9 Å². The van der Waals surface area contributed by atoms with Gasteiger partial charge in [-0.1, -0.05) is 0 Å². The SMILES string of the molecule is CC1(C)S[C@@H]2CC(=O)N2[C@@]1(NC(=O)CC(N)c1ccco1)C(=O)O. The van der Waals surface area contributed by atoms with E-state index in [1.807, 2.05) is 0 Å². The zero-order chi connectivity index (χ0) is 17.7. The Labute approximate surface area is 142 Å². The number of carbonyl (C=O) groups excluding carboxylic acids is 2. The van der Waals surface area contributed by atoms with E-state index in [9.17, 15) is 19.5 Å². The van der Waals surface area contributed by atoms with Crippen LogP contribution in [-0.2, 0) is 14.4 Å². The Balaban J connectivity index is 1.82. The summed E-state index contributed by atoms with van der Waals surface area (Å²) in [5, 5.41) is 12.2. The second-order valence-electron chi connectivity index (χ2n) is 6.44. The molecule has 9 heteroatoms. The maximum absolute atomic E-state index is 12.4. The first-order chi connectivity index (χ1) is 11.2. The number of carboxylic acid groups (broad SMARTS) is 1. The lowest BCUT2D eigenvalue weighted by Crippen LogP contribution is -2.75. The molecule has 3 rings (SSSR count). The van der Waals surface area contributed by atoms with Crippen LogP contribution in [0.2, 0.25) is 0 Å². The van der Waals surface area contributed by atoms with Crippen LogP contribution in [-0.4, -0.2) is 43.6 Å². The number of hydrogen-bond donors (Lipinski definition) is 3. The maximum atomic E-state index is 12.4. The van der Waals surface area contributed by atoms with Crippen molar-refractivity contribution in [3.8, 4) is 0 Å². The minimum atomic E-state index is -1.78. The maximum Gasteiger partial charge on any atom is 0.352 e. The Kier molecular flexibility index (Phi) is 3.88. The average molecular weight is 353 g/mol. The van der Waals surface area contributed by atoms with Gasteiger partial charge in [0.05, 0.1) is 28.8 Å².